The summed E-state index contributed by atoms with van der Waals surface area (Å²) in [5.41, 5.74) is 0.820. The molecule has 21 heavy (non-hydrogen) atoms. The highest BCUT2D eigenvalue weighted by atomic mass is 127. The van der Waals surface area contributed by atoms with Crippen LogP contribution >= 0.6 is 38.5 Å². The molecule has 2 aromatic carbocycles. The van der Waals surface area contributed by atoms with E-state index in [0.29, 0.717) is 10.2 Å². The van der Waals surface area contributed by atoms with E-state index in [2.05, 4.69) is 43.8 Å². The molecule has 0 aliphatic heterocycles. The third-order valence-corrected chi connectivity index (χ3v) is 4.87. The maximum atomic E-state index is 12.2. The third-order valence-electron chi connectivity index (χ3n) is 2.59. The molecule has 0 spiro atoms. The summed E-state index contributed by atoms with van der Waals surface area (Å²) in [5, 5.41) is 7.78. The summed E-state index contributed by atoms with van der Waals surface area (Å²) in [7, 11) is -3.86. The van der Waals surface area contributed by atoms with Crippen molar-refractivity contribution in [3.8, 4) is 0 Å². The number of halogens is 2. The van der Waals surface area contributed by atoms with E-state index >= 15 is 0 Å². The van der Waals surface area contributed by atoms with Crippen LogP contribution in [0.3, 0.4) is 0 Å². The molecule has 0 bridgehead atoms. The van der Waals surface area contributed by atoms with Crippen LogP contribution in [0.4, 0.5) is 5.69 Å². The molecule has 0 radical (unpaired) electrons. The monoisotopic (exact) mass is 480 g/mol. The van der Waals surface area contributed by atoms with Crippen LogP contribution in [0.2, 0.25) is 0 Å². The summed E-state index contributed by atoms with van der Waals surface area (Å²) < 4.78 is 24.2. The maximum Gasteiger partial charge on any atom is 0.256 e. The second-order valence-electron chi connectivity index (χ2n) is 4.15. The quantitative estimate of drug-likeness (QED) is 0.662. The number of hydrogen-bond acceptors (Lipinski definition) is 3. The largest absolute Gasteiger partial charge is 0.322 e. The Labute approximate surface area is 144 Å². The van der Waals surface area contributed by atoms with Crippen LogP contribution in [-0.2, 0) is 10.0 Å². The molecule has 0 aromatic heterocycles. The molecule has 0 fully saturated rings. The van der Waals surface area contributed by atoms with Gasteiger partial charge in [-0.1, -0.05) is 6.07 Å². The van der Waals surface area contributed by atoms with E-state index in [1.807, 2.05) is 12.1 Å². The van der Waals surface area contributed by atoms with Gasteiger partial charge in [0.2, 0.25) is 10.0 Å². The standard InChI is InChI=1S/C13H10BrIN2O3S/c14-12-5-4-10(21(16,19)20)7-11(12)13(18)17-9-3-1-2-8(15)6-9/h1-7H,(H,17,18)(H2,16,19,20). The highest BCUT2D eigenvalue weighted by Gasteiger charge is 2.15. The van der Waals surface area contributed by atoms with Gasteiger partial charge in [0.25, 0.3) is 5.91 Å². The van der Waals surface area contributed by atoms with Crippen molar-refractivity contribution in [2.75, 3.05) is 5.32 Å². The van der Waals surface area contributed by atoms with Gasteiger partial charge in [-0.25, -0.2) is 13.6 Å². The molecule has 0 heterocycles. The van der Waals surface area contributed by atoms with E-state index in [9.17, 15) is 13.2 Å². The second kappa shape index (κ2) is 6.42. The van der Waals surface area contributed by atoms with Gasteiger partial charge in [-0.2, -0.15) is 0 Å². The number of amides is 1. The maximum absolute atomic E-state index is 12.2. The molecule has 3 N–H and O–H groups in total. The predicted molar refractivity (Wildman–Crippen MR) is 92.6 cm³/mol. The molecule has 1 amide bonds. The molecule has 0 aliphatic rings. The Morgan fingerprint density at radius 3 is 2.52 bits per heavy atom. The molecule has 110 valence electrons. The predicted octanol–water partition coefficient (Wildman–Crippen LogP) is 2.95. The van der Waals surface area contributed by atoms with Crippen LogP contribution in [0.5, 0.6) is 0 Å². The second-order valence-corrected chi connectivity index (χ2v) is 7.81. The summed E-state index contributed by atoms with van der Waals surface area (Å²) in [6.07, 6.45) is 0. The number of carbonyl (C=O) groups is 1. The Morgan fingerprint density at radius 1 is 1.19 bits per heavy atom. The first-order chi connectivity index (χ1) is 9.77. The molecule has 0 unspecified atom stereocenters. The number of hydrogen-bond donors (Lipinski definition) is 2. The topological polar surface area (TPSA) is 89.3 Å². The van der Waals surface area contributed by atoms with E-state index < -0.39 is 15.9 Å². The van der Waals surface area contributed by atoms with E-state index in [1.54, 1.807) is 12.1 Å². The lowest BCUT2D eigenvalue weighted by Gasteiger charge is -2.08. The van der Waals surface area contributed by atoms with Crippen LogP contribution in [0.25, 0.3) is 0 Å². The summed E-state index contributed by atoms with van der Waals surface area (Å²) in [5.74, 6) is -0.422. The van der Waals surface area contributed by atoms with Gasteiger partial charge in [-0.3, -0.25) is 4.79 Å². The number of benzene rings is 2. The fraction of sp³-hybridized carbons (Fsp3) is 0. The molecular weight excluding hydrogens is 471 g/mol. The molecule has 5 nitrogen and oxygen atoms in total. The van der Waals surface area contributed by atoms with Crippen molar-refractivity contribution in [1.82, 2.24) is 0 Å². The molecule has 2 aromatic rings. The molecule has 0 saturated carbocycles. The minimum Gasteiger partial charge on any atom is -0.322 e. The summed E-state index contributed by atoms with van der Waals surface area (Å²) in [4.78, 5) is 12.1. The number of rotatable bonds is 3. The zero-order valence-electron chi connectivity index (χ0n) is 10.5. The number of nitrogens with two attached hydrogens (primary N) is 1. The number of carbonyl (C=O) groups excluding carboxylic acids is 1. The number of sulfonamides is 1. The fourth-order valence-electron chi connectivity index (χ4n) is 1.62. The fourth-order valence-corrected chi connectivity index (χ4v) is 3.13. The molecule has 0 aliphatic carbocycles. The first-order valence-electron chi connectivity index (χ1n) is 5.66. The van der Waals surface area contributed by atoms with Crippen molar-refractivity contribution in [1.29, 1.82) is 0 Å². The van der Waals surface area contributed by atoms with Gasteiger partial charge < -0.3 is 5.32 Å². The summed E-state index contributed by atoms with van der Waals surface area (Å²) >= 11 is 5.36. The van der Waals surface area contributed by atoms with Gasteiger partial charge in [0.15, 0.2) is 0 Å². The van der Waals surface area contributed by atoms with Crippen molar-refractivity contribution in [3.05, 3.63) is 56.1 Å². The number of anilines is 1. The zero-order valence-corrected chi connectivity index (χ0v) is 15.1. The van der Waals surface area contributed by atoms with Crippen molar-refractivity contribution in [2.24, 2.45) is 5.14 Å². The van der Waals surface area contributed by atoms with Crippen molar-refractivity contribution in [2.45, 2.75) is 4.90 Å². The van der Waals surface area contributed by atoms with Gasteiger partial charge in [0.05, 0.1) is 10.5 Å². The Balaban J connectivity index is 2.35. The van der Waals surface area contributed by atoms with Crippen LogP contribution < -0.4 is 10.5 Å². The van der Waals surface area contributed by atoms with Crippen molar-refractivity contribution >= 4 is 60.1 Å². The van der Waals surface area contributed by atoms with Gasteiger partial charge >= 0.3 is 0 Å². The Hall–Kier alpha value is -0.970. The van der Waals surface area contributed by atoms with Crippen molar-refractivity contribution in [3.63, 3.8) is 0 Å². The smallest absolute Gasteiger partial charge is 0.256 e. The summed E-state index contributed by atoms with van der Waals surface area (Å²) in [6, 6.07) is 11.3. The van der Waals surface area contributed by atoms with Crippen LogP contribution in [0.1, 0.15) is 10.4 Å². The highest BCUT2D eigenvalue weighted by molar-refractivity contribution is 14.1. The highest BCUT2D eigenvalue weighted by Crippen LogP contribution is 2.22. The molecular formula is C13H10BrIN2O3S. The van der Waals surface area contributed by atoms with E-state index in [-0.39, 0.29) is 10.5 Å². The van der Waals surface area contributed by atoms with Gasteiger partial charge in [-0.05, 0) is 74.9 Å². The average molecular weight is 481 g/mol. The van der Waals surface area contributed by atoms with Crippen LogP contribution in [0.15, 0.2) is 51.8 Å². The normalized spacial score (nSPS) is 11.2. The lowest BCUT2D eigenvalue weighted by atomic mass is 10.2. The minimum atomic E-state index is -3.86. The van der Waals surface area contributed by atoms with Crippen LogP contribution in [-0.4, -0.2) is 14.3 Å². The zero-order chi connectivity index (χ0) is 15.6. The Kier molecular flexibility index (Phi) is 5.02. The van der Waals surface area contributed by atoms with Crippen molar-refractivity contribution < 1.29 is 13.2 Å². The number of primary sulfonamides is 1. The van der Waals surface area contributed by atoms with E-state index in [0.717, 1.165) is 3.57 Å². The summed E-state index contributed by atoms with van der Waals surface area (Å²) in [6.45, 7) is 0. The van der Waals surface area contributed by atoms with E-state index in [1.165, 1.54) is 18.2 Å². The van der Waals surface area contributed by atoms with Gasteiger partial charge in [-0.15, -0.1) is 0 Å². The third kappa shape index (κ3) is 4.25. The van der Waals surface area contributed by atoms with Gasteiger partial charge in [0, 0.05) is 13.7 Å². The Morgan fingerprint density at radius 2 is 1.90 bits per heavy atom. The SMILES string of the molecule is NS(=O)(=O)c1ccc(Br)c(C(=O)Nc2cccc(I)c2)c1. The van der Waals surface area contributed by atoms with E-state index in [4.69, 9.17) is 5.14 Å². The lowest BCUT2D eigenvalue weighted by molar-refractivity contribution is 0.102. The van der Waals surface area contributed by atoms with Crippen LogP contribution in [0, 0.1) is 3.57 Å². The first-order valence-corrected chi connectivity index (χ1v) is 9.08. The molecule has 2 rings (SSSR count). The first kappa shape index (κ1) is 16.4. The molecule has 0 atom stereocenters. The van der Waals surface area contributed by atoms with Gasteiger partial charge in [0.1, 0.15) is 0 Å². The minimum absolute atomic E-state index is 0.113. The number of nitrogens with one attached hydrogen (secondary N) is 1. The molecule has 0 saturated heterocycles. The average Bonchev–Trinajstić information content (AvgIpc) is 2.37. The Bertz CT molecular complexity index is 809. The lowest BCUT2D eigenvalue weighted by Crippen LogP contribution is -2.16. The molecule has 8 heteroatoms.